The van der Waals surface area contributed by atoms with Crippen molar-refractivity contribution in [1.29, 1.82) is 0 Å². The van der Waals surface area contributed by atoms with E-state index in [1.165, 1.54) is 5.56 Å². The average molecular weight is 202 g/mol. The molecule has 2 nitrogen and oxygen atoms in total. The van der Waals surface area contributed by atoms with Gasteiger partial charge in [0.05, 0.1) is 0 Å². The molecule has 1 aromatic rings. The lowest BCUT2D eigenvalue weighted by atomic mass is 10.3. The number of methoxy groups -OCH3 is 1. The highest BCUT2D eigenvalue weighted by Gasteiger charge is 2.05. The predicted molar refractivity (Wildman–Crippen MR) is 47.8 cm³/mol. The fourth-order valence-electron chi connectivity index (χ4n) is 1.02. The number of halogens is 1. The van der Waals surface area contributed by atoms with Crippen LogP contribution in [0.3, 0.4) is 0 Å². The van der Waals surface area contributed by atoms with E-state index in [0.29, 0.717) is 0 Å². The summed E-state index contributed by atoms with van der Waals surface area (Å²) >= 11 is 0. The van der Waals surface area contributed by atoms with E-state index in [-0.39, 0.29) is 18.5 Å². The molecule has 13 heavy (non-hydrogen) atoms. The van der Waals surface area contributed by atoms with E-state index < -0.39 is 0 Å². The lowest BCUT2D eigenvalue weighted by molar-refractivity contribution is -0.703. The first-order valence-corrected chi connectivity index (χ1v) is 4.21. The van der Waals surface area contributed by atoms with Crippen molar-refractivity contribution in [3.8, 4) is 0 Å². The topological polar surface area (TPSA) is 13.1 Å². The van der Waals surface area contributed by atoms with Crippen molar-refractivity contribution in [2.24, 2.45) is 0 Å². The summed E-state index contributed by atoms with van der Waals surface area (Å²) in [5.74, 6) is 0. The molecule has 0 aliphatic rings. The van der Waals surface area contributed by atoms with Gasteiger partial charge in [0.15, 0.2) is 18.9 Å². The SMILES string of the molecule is COC(C)C[n+]1ccc(C)cc1.[Cl-]. The quantitative estimate of drug-likeness (QED) is 0.533. The zero-order valence-electron chi connectivity index (χ0n) is 8.33. The summed E-state index contributed by atoms with van der Waals surface area (Å²) in [6, 6.07) is 4.20. The molecule has 0 aliphatic heterocycles. The minimum Gasteiger partial charge on any atom is -1.00 e. The molecule has 0 aromatic carbocycles. The molecule has 1 unspecified atom stereocenters. The Hall–Kier alpha value is -0.600. The fraction of sp³-hybridized carbons (Fsp3) is 0.500. The summed E-state index contributed by atoms with van der Waals surface area (Å²) < 4.78 is 7.29. The zero-order valence-corrected chi connectivity index (χ0v) is 9.08. The number of ether oxygens (including phenoxy) is 1. The number of rotatable bonds is 3. The van der Waals surface area contributed by atoms with Gasteiger partial charge in [0, 0.05) is 19.2 Å². The zero-order chi connectivity index (χ0) is 8.97. The summed E-state index contributed by atoms with van der Waals surface area (Å²) in [5, 5.41) is 0. The highest BCUT2D eigenvalue weighted by Crippen LogP contribution is 1.92. The number of aryl methyl sites for hydroxylation is 1. The molecule has 1 rings (SSSR count). The lowest BCUT2D eigenvalue weighted by Crippen LogP contribution is -3.00. The van der Waals surface area contributed by atoms with Gasteiger partial charge in [-0.15, -0.1) is 0 Å². The summed E-state index contributed by atoms with van der Waals surface area (Å²) in [6.45, 7) is 5.06. The van der Waals surface area contributed by atoms with Gasteiger partial charge in [-0.3, -0.25) is 0 Å². The maximum atomic E-state index is 5.16. The van der Waals surface area contributed by atoms with E-state index in [4.69, 9.17) is 4.74 Å². The Morgan fingerprint density at radius 3 is 2.38 bits per heavy atom. The molecule has 0 saturated carbocycles. The summed E-state index contributed by atoms with van der Waals surface area (Å²) in [4.78, 5) is 0. The van der Waals surface area contributed by atoms with Crippen LogP contribution in [0.4, 0.5) is 0 Å². The molecule has 3 heteroatoms. The Bertz CT molecular complexity index is 235. The van der Waals surface area contributed by atoms with E-state index in [0.717, 1.165) is 6.54 Å². The third-order valence-electron chi connectivity index (χ3n) is 1.93. The van der Waals surface area contributed by atoms with Crippen molar-refractivity contribution in [3.63, 3.8) is 0 Å². The largest absolute Gasteiger partial charge is 1.00 e. The number of pyridine rings is 1. The van der Waals surface area contributed by atoms with Crippen LogP contribution in [-0.2, 0) is 11.3 Å². The predicted octanol–water partition coefficient (Wildman–Crippen LogP) is -1.68. The van der Waals surface area contributed by atoms with Crippen LogP contribution >= 0.6 is 0 Å². The normalized spacial score (nSPS) is 11.9. The van der Waals surface area contributed by atoms with Crippen LogP contribution < -0.4 is 17.0 Å². The standard InChI is InChI=1S/C10H16NO.ClH/c1-9-4-6-11(7-5-9)8-10(2)12-3;/h4-7,10H,8H2,1-3H3;1H/q+1;/p-1. The van der Waals surface area contributed by atoms with E-state index in [2.05, 4.69) is 42.9 Å². The third kappa shape index (κ3) is 4.25. The van der Waals surface area contributed by atoms with Gasteiger partial charge in [-0.25, -0.2) is 4.57 Å². The van der Waals surface area contributed by atoms with Crippen molar-refractivity contribution >= 4 is 0 Å². The van der Waals surface area contributed by atoms with Crippen LogP contribution in [-0.4, -0.2) is 13.2 Å². The molecule has 0 fully saturated rings. The second-order valence-corrected chi connectivity index (χ2v) is 3.12. The first-order chi connectivity index (χ1) is 5.72. The van der Waals surface area contributed by atoms with Gasteiger partial charge < -0.3 is 17.1 Å². The molecule has 0 radical (unpaired) electrons. The number of aromatic nitrogens is 1. The Kier molecular flexibility index (Phi) is 5.67. The van der Waals surface area contributed by atoms with E-state index in [9.17, 15) is 0 Å². The Labute approximate surface area is 86.0 Å². The number of hydrogen-bond donors (Lipinski definition) is 0. The van der Waals surface area contributed by atoms with Crippen molar-refractivity contribution in [2.75, 3.05) is 7.11 Å². The van der Waals surface area contributed by atoms with Gasteiger partial charge in [0.2, 0.25) is 0 Å². The van der Waals surface area contributed by atoms with E-state index in [1.54, 1.807) is 7.11 Å². The number of hydrogen-bond acceptors (Lipinski definition) is 1. The van der Waals surface area contributed by atoms with Gasteiger partial charge in [-0.05, 0) is 19.4 Å². The van der Waals surface area contributed by atoms with Crippen LogP contribution in [0.5, 0.6) is 0 Å². The van der Waals surface area contributed by atoms with Gasteiger partial charge in [0.1, 0.15) is 6.10 Å². The molecule has 0 aliphatic carbocycles. The monoisotopic (exact) mass is 201 g/mol. The molecule has 0 N–H and O–H groups in total. The first kappa shape index (κ1) is 12.4. The van der Waals surface area contributed by atoms with Crippen molar-refractivity contribution in [3.05, 3.63) is 30.1 Å². The Morgan fingerprint density at radius 2 is 1.92 bits per heavy atom. The summed E-state index contributed by atoms with van der Waals surface area (Å²) in [6.07, 6.45) is 4.42. The number of nitrogens with zero attached hydrogens (tertiary/aromatic N) is 1. The van der Waals surface area contributed by atoms with Crippen LogP contribution in [0.25, 0.3) is 0 Å². The molecular weight excluding hydrogens is 186 g/mol. The lowest BCUT2D eigenvalue weighted by Gasteiger charge is -2.04. The molecule has 1 aromatic heterocycles. The van der Waals surface area contributed by atoms with Crippen molar-refractivity contribution in [1.82, 2.24) is 0 Å². The smallest absolute Gasteiger partial charge is 0.174 e. The van der Waals surface area contributed by atoms with E-state index in [1.807, 2.05) is 0 Å². The molecule has 0 bridgehead atoms. The van der Waals surface area contributed by atoms with Crippen LogP contribution in [0.15, 0.2) is 24.5 Å². The van der Waals surface area contributed by atoms with Crippen LogP contribution in [0, 0.1) is 6.92 Å². The maximum absolute atomic E-state index is 5.16. The third-order valence-corrected chi connectivity index (χ3v) is 1.93. The highest BCUT2D eigenvalue weighted by molar-refractivity contribution is 5.03. The molecule has 1 heterocycles. The second-order valence-electron chi connectivity index (χ2n) is 3.12. The van der Waals surface area contributed by atoms with Gasteiger partial charge in [-0.2, -0.15) is 0 Å². The maximum Gasteiger partial charge on any atom is 0.174 e. The van der Waals surface area contributed by atoms with E-state index >= 15 is 0 Å². The van der Waals surface area contributed by atoms with Gasteiger partial charge in [-0.1, -0.05) is 0 Å². The van der Waals surface area contributed by atoms with Crippen LogP contribution in [0.2, 0.25) is 0 Å². The van der Waals surface area contributed by atoms with Gasteiger partial charge >= 0.3 is 0 Å². The summed E-state index contributed by atoms with van der Waals surface area (Å²) in [7, 11) is 1.74. The average Bonchev–Trinajstić information content (AvgIpc) is 2.09. The fourth-order valence-corrected chi connectivity index (χ4v) is 1.02. The van der Waals surface area contributed by atoms with Crippen molar-refractivity contribution < 1.29 is 21.7 Å². The van der Waals surface area contributed by atoms with Crippen LogP contribution in [0.1, 0.15) is 12.5 Å². The minimum absolute atomic E-state index is 0. The van der Waals surface area contributed by atoms with Crippen molar-refractivity contribution in [2.45, 2.75) is 26.5 Å². The summed E-state index contributed by atoms with van der Waals surface area (Å²) in [5.41, 5.74) is 1.29. The Morgan fingerprint density at radius 1 is 1.38 bits per heavy atom. The minimum atomic E-state index is 0. The molecule has 0 spiro atoms. The molecule has 1 atom stereocenters. The Balaban J connectivity index is 0.00000144. The second kappa shape index (κ2) is 5.95. The molecule has 0 saturated heterocycles. The highest BCUT2D eigenvalue weighted by atomic mass is 35.5. The molecular formula is C10H16ClNO. The van der Waals surface area contributed by atoms with Gasteiger partial charge in [0.25, 0.3) is 0 Å². The molecule has 0 amide bonds. The first-order valence-electron chi connectivity index (χ1n) is 4.21. The molecule has 74 valence electrons.